The molecule has 150 valence electrons. The number of ether oxygens (including phenoxy) is 3. The van der Waals surface area contributed by atoms with Gasteiger partial charge in [0.05, 0.1) is 25.1 Å². The van der Waals surface area contributed by atoms with Gasteiger partial charge in [0.2, 0.25) is 0 Å². The van der Waals surface area contributed by atoms with E-state index in [-0.39, 0.29) is 18.1 Å². The fourth-order valence-corrected chi connectivity index (χ4v) is 3.41. The van der Waals surface area contributed by atoms with Crippen molar-refractivity contribution in [1.29, 1.82) is 0 Å². The zero-order valence-corrected chi connectivity index (χ0v) is 16.2. The Labute approximate surface area is 167 Å². The van der Waals surface area contributed by atoms with Crippen molar-refractivity contribution in [3.63, 3.8) is 0 Å². The molecule has 1 amide bonds. The van der Waals surface area contributed by atoms with E-state index in [0.717, 1.165) is 18.7 Å². The van der Waals surface area contributed by atoms with Crippen molar-refractivity contribution >= 4 is 22.5 Å². The number of carbonyl (C=O) groups is 1. The molecule has 0 radical (unpaired) electrons. The van der Waals surface area contributed by atoms with Gasteiger partial charge in [0.25, 0.3) is 11.5 Å². The van der Waals surface area contributed by atoms with Gasteiger partial charge in [-0.15, -0.1) is 0 Å². The van der Waals surface area contributed by atoms with Crippen LogP contribution in [0.25, 0.3) is 10.9 Å². The Bertz CT molecular complexity index is 1140. The number of nitrogens with zero attached hydrogens (tertiary/aromatic N) is 2. The fraction of sp³-hybridized carbons (Fsp3) is 0.286. The standard InChI is InChI=1S/C21H21N3O5/c1-27-17-8-5-13(10-18(17)28-2)22-20(25)12-29-14-6-7-16-15(11-14)21(26)24-9-3-4-19(24)23-16/h5-8,10-11H,3-4,9,12H2,1-2H3,(H,22,25). The highest BCUT2D eigenvalue weighted by molar-refractivity contribution is 5.92. The number of fused-ring (bicyclic) bond motifs is 2. The second-order valence-electron chi connectivity index (χ2n) is 6.67. The molecule has 1 aromatic heterocycles. The first kappa shape index (κ1) is 18.8. The molecule has 1 N–H and O–H groups in total. The Morgan fingerprint density at radius 3 is 2.76 bits per heavy atom. The summed E-state index contributed by atoms with van der Waals surface area (Å²) in [5.41, 5.74) is 1.14. The van der Waals surface area contributed by atoms with E-state index in [9.17, 15) is 9.59 Å². The van der Waals surface area contributed by atoms with Crippen LogP contribution in [-0.2, 0) is 17.8 Å². The van der Waals surface area contributed by atoms with Crippen LogP contribution in [-0.4, -0.2) is 36.3 Å². The molecule has 1 aliphatic heterocycles. The van der Waals surface area contributed by atoms with Crippen LogP contribution < -0.4 is 25.1 Å². The van der Waals surface area contributed by atoms with E-state index in [0.29, 0.717) is 40.4 Å². The number of aromatic nitrogens is 2. The first-order valence-corrected chi connectivity index (χ1v) is 9.27. The summed E-state index contributed by atoms with van der Waals surface area (Å²) >= 11 is 0. The summed E-state index contributed by atoms with van der Waals surface area (Å²) in [7, 11) is 3.07. The number of anilines is 1. The van der Waals surface area contributed by atoms with Crippen molar-refractivity contribution < 1.29 is 19.0 Å². The van der Waals surface area contributed by atoms with Gasteiger partial charge in [-0.25, -0.2) is 4.98 Å². The van der Waals surface area contributed by atoms with Crippen molar-refractivity contribution in [2.24, 2.45) is 0 Å². The zero-order valence-electron chi connectivity index (χ0n) is 16.2. The van der Waals surface area contributed by atoms with Crippen LogP contribution in [0.3, 0.4) is 0 Å². The molecule has 2 heterocycles. The van der Waals surface area contributed by atoms with Gasteiger partial charge in [-0.05, 0) is 36.8 Å². The number of hydrogen-bond acceptors (Lipinski definition) is 6. The number of hydrogen-bond donors (Lipinski definition) is 1. The molecule has 0 atom stereocenters. The molecule has 0 aliphatic carbocycles. The molecule has 0 saturated carbocycles. The SMILES string of the molecule is COc1ccc(NC(=O)COc2ccc3nc4n(c(=O)c3c2)CCC4)cc1OC. The molecule has 0 saturated heterocycles. The lowest BCUT2D eigenvalue weighted by molar-refractivity contribution is -0.118. The first-order chi connectivity index (χ1) is 14.1. The fourth-order valence-electron chi connectivity index (χ4n) is 3.41. The molecule has 2 aromatic carbocycles. The number of amides is 1. The van der Waals surface area contributed by atoms with Gasteiger partial charge in [0, 0.05) is 24.7 Å². The summed E-state index contributed by atoms with van der Waals surface area (Å²) in [6.45, 7) is 0.496. The van der Waals surface area contributed by atoms with Crippen LogP contribution in [0.5, 0.6) is 17.2 Å². The lowest BCUT2D eigenvalue weighted by atomic mass is 10.2. The number of benzene rings is 2. The van der Waals surface area contributed by atoms with E-state index in [1.54, 1.807) is 48.1 Å². The summed E-state index contributed by atoms with van der Waals surface area (Å²) in [6, 6.07) is 10.2. The number of nitrogens with one attached hydrogen (secondary N) is 1. The van der Waals surface area contributed by atoms with Gasteiger partial charge in [-0.2, -0.15) is 0 Å². The zero-order chi connectivity index (χ0) is 20.4. The second-order valence-corrected chi connectivity index (χ2v) is 6.67. The third-order valence-corrected chi connectivity index (χ3v) is 4.82. The normalized spacial score (nSPS) is 12.5. The van der Waals surface area contributed by atoms with Crippen molar-refractivity contribution in [1.82, 2.24) is 9.55 Å². The molecule has 0 unspecified atom stereocenters. The predicted octanol–water partition coefficient (Wildman–Crippen LogP) is 2.38. The van der Waals surface area contributed by atoms with E-state index in [4.69, 9.17) is 14.2 Å². The Morgan fingerprint density at radius 1 is 1.14 bits per heavy atom. The lowest BCUT2D eigenvalue weighted by Gasteiger charge is -2.11. The Morgan fingerprint density at radius 2 is 1.97 bits per heavy atom. The van der Waals surface area contributed by atoms with Crippen LogP contribution in [0.15, 0.2) is 41.2 Å². The summed E-state index contributed by atoms with van der Waals surface area (Å²) in [4.78, 5) is 29.4. The minimum atomic E-state index is -0.332. The first-order valence-electron chi connectivity index (χ1n) is 9.27. The van der Waals surface area contributed by atoms with Crippen LogP contribution in [0.1, 0.15) is 12.2 Å². The van der Waals surface area contributed by atoms with Crippen LogP contribution >= 0.6 is 0 Å². The minimum Gasteiger partial charge on any atom is -0.493 e. The molecule has 0 spiro atoms. The molecule has 4 rings (SSSR count). The number of methoxy groups -OCH3 is 2. The molecule has 0 fully saturated rings. The third-order valence-electron chi connectivity index (χ3n) is 4.82. The highest BCUT2D eigenvalue weighted by atomic mass is 16.5. The highest BCUT2D eigenvalue weighted by Crippen LogP contribution is 2.29. The van der Waals surface area contributed by atoms with Crippen molar-refractivity contribution in [3.05, 3.63) is 52.6 Å². The van der Waals surface area contributed by atoms with Crippen molar-refractivity contribution in [3.8, 4) is 17.2 Å². The Kier molecular flexibility index (Phi) is 5.07. The molecule has 3 aromatic rings. The molecule has 8 heteroatoms. The smallest absolute Gasteiger partial charge is 0.262 e. The topological polar surface area (TPSA) is 91.7 Å². The van der Waals surface area contributed by atoms with Gasteiger partial charge in [0.15, 0.2) is 18.1 Å². The minimum absolute atomic E-state index is 0.0669. The van der Waals surface area contributed by atoms with E-state index < -0.39 is 0 Å². The highest BCUT2D eigenvalue weighted by Gasteiger charge is 2.16. The maximum atomic E-state index is 12.6. The average Bonchev–Trinajstić information content (AvgIpc) is 3.21. The van der Waals surface area contributed by atoms with E-state index in [1.807, 2.05) is 0 Å². The molecule has 1 aliphatic rings. The van der Waals surface area contributed by atoms with Gasteiger partial charge < -0.3 is 19.5 Å². The Balaban J connectivity index is 1.45. The quantitative estimate of drug-likeness (QED) is 0.689. The van der Waals surface area contributed by atoms with Crippen molar-refractivity contribution in [2.45, 2.75) is 19.4 Å². The van der Waals surface area contributed by atoms with E-state index in [2.05, 4.69) is 10.3 Å². The van der Waals surface area contributed by atoms with Crippen LogP contribution in [0.4, 0.5) is 5.69 Å². The van der Waals surface area contributed by atoms with Gasteiger partial charge in [-0.3, -0.25) is 14.2 Å². The maximum Gasteiger partial charge on any atom is 0.262 e. The average molecular weight is 395 g/mol. The molecular weight excluding hydrogens is 374 g/mol. The maximum absolute atomic E-state index is 12.6. The van der Waals surface area contributed by atoms with Crippen LogP contribution in [0, 0.1) is 0 Å². The van der Waals surface area contributed by atoms with Gasteiger partial charge >= 0.3 is 0 Å². The summed E-state index contributed by atoms with van der Waals surface area (Å²) in [6.07, 6.45) is 1.75. The Hall–Kier alpha value is -3.55. The van der Waals surface area contributed by atoms with Crippen LogP contribution in [0.2, 0.25) is 0 Å². The largest absolute Gasteiger partial charge is 0.493 e. The number of rotatable bonds is 6. The molecule has 8 nitrogen and oxygen atoms in total. The molecule has 0 bridgehead atoms. The summed E-state index contributed by atoms with van der Waals surface area (Å²) in [5, 5.41) is 3.24. The summed E-state index contributed by atoms with van der Waals surface area (Å²) in [5.74, 6) is 2.02. The third kappa shape index (κ3) is 3.73. The number of carbonyl (C=O) groups excluding carboxylic acids is 1. The monoisotopic (exact) mass is 395 g/mol. The number of aryl methyl sites for hydroxylation is 1. The predicted molar refractivity (Wildman–Crippen MR) is 108 cm³/mol. The van der Waals surface area contributed by atoms with E-state index >= 15 is 0 Å². The van der Waals surface area contributed by atoms with Gasteiger partial charge in [-0.1, -0.05) is 0 Å². The van der Waals surface area contributed by atoms with E-state index in [1.165, 1.54) is 7.11 Å². The lowest BCUT2D eigenvalue weighted by Crippen LogP contribution is -2.22. The summed E-state index contributed by atoms with van der Waals surface area (Å²) < 4.78 is 17.7. The van der Waals surface area contributed by atoms with Crippen molar-refractivity contribution in [2.75, 3.05) is 26.1 Å². The molecular formula is C21H21N3O5. The van der Waals surface area contributed by atoms with Gasteiger partial charge in [0.1, 0.15) is 11.6 Å². The second kappa shape index (κ2) is 7.83. The molecule has 29 heavy (non-hydrogen) atoms.